The van der Waals surface area contributed by atoms with Gasteiger partial charge in [-0.15, -0.1) is 0 Å². The average molecular weight is 941 g/mol. The lowest BCUT2D eigenvalue weighted by Gasteiger charge is -2.33. The third kappa shape index (κ3) is 8.31. The molecule has 0 saturated carbocycles. The molecule has 2 aromatic heterocycles. The van der Waals surface area contributed by atoms with E-state index in [1.54, 1.807) is 0 Å². The number of ether oxygens (including phenoxy) is 1. The summed E-state index contributed by atoms with van der Waals surface area (Å²) in [4.78, 5) is 9.96. The second kappa shape index (κ2) is 17.8. The van der Waals surface area contributed by atoms with Crippen LogP contribution in [0.1, 0.15) is 101 Å². The van der Waals surface area contributed by atoms with E-state index in [0.29, 0.717) is 6.67 Å². The Hall–Kier alpha value is -7.89. The Balaban J connectivity index is 0.993. The molecule has 72 heavy (non-hydrogen) atoms. The monoisotopic (exact) mass is 941 g/mol. The fourth-order valence-corrected chi connectivity index (χ4v) is 10.8. The van der Waals surface area contributed by atoms with E-state index >= 15 is 0 Å². The van der Waals surface area contributed by atoms with Crippen LogP contribution in [0.5, 0.6) is 11.5 Å². The molecule has 11 rings (SSSR count). The van der Waals surface area contributed by atoms with Crippen molar-refractivity contribution in [2.75, 3.05) is 16.5 Å². The van der Waals surface area contributed by atoms with Crippen molar-refractivity contribution in [2.24, 2.45) is 0 Å². The fourth-order valence-electron chi connectivity index (χ4n) is 10.8. The molecule has 10 aromatic rings. The van der Waals surface area contributed by atoms with Gasteiger partial charge in [-0.1, -0.05) is 190 Å². The number of pyridine rings is 1. The van der Waals surface area contributed by atoms with E-state index in [9.17, 15) is 0 Å². The summed E-state index contributed by atoms with van der Waals surface area (Å²) in [6.07, 6.45) is 1.94. The van der Waals surface area contributed by atoms with Crippen molar-refractivity contribution in [2.45, 2.75) is 84.0 Å². The van der Waals surface area contributed by atoms with Crippen molar-refractivity contribution < 1.29 is 4.74 Å². The van der Waals surface area contributed by atoms with Crippen LogP contribution in [-0.2, 0) is 21.7 Å². The van der Waals surface area contributed by atoms with Crippen LogP contribution in [0.15, 0.2) is 212 Å². The molecule has 0 spiro atoms. The third-order valence-corrected chi connectivity index (χ3v) is 15.6. The van der Waals surface area contributed by atoms with Crippen molar-refractivity contribution in [3.8, 4) is 17.3 Å². The molecule has 1 aliphatic heterocycles. The van der Waals surface area contributed by atoms with Gasteiger partial charge in [0.25, 0.3) is 0 Å². The van der Waals surface area contributed by atoms with Crippen LogP contribution in [0.4, 0.5) is 22.7 Å². The van der Waals surface area contributed by atoms with E-state index in [2.05, 4.69) is 283 Å². The molecule has 0 atom stereocenters. The van der Waals surface area contributed by atoms with Gasteiger partial charge in [-0.3, -0.25) is 4.57 Å². The maximum absolute atomic E-state index is 7.06. The minimum atomic E-state index is -0.248. The van der Waals surface area contributed by atoms with Crippen LogP contribution >= 0.6 is 0 Å². The first kappa shape index (κ1) is 46.5. The predicted molar refractivity (Wildman–Crippen MR) is 302 cm³/mol. The summed E-state index contributed by atoms with van der Waals surface area (Å²) in [5.74, 6) is 2.43. The van der Waals surface area contributed by atoms with Crippen LogP contribution < -0.4 is 14.5 Å². The maximum atomic E-state index is 7.06. The van der Waals surface area contributed by atoms with Gasteiger partial charge in [0.05, 0.1) is 22.4 Å². The number of benzene rings is 8. The molecule has 1 aliphatic rings. The number of hydrogen-bond donors (Lipinski definition) is 0. The molecule has 8 aromatic carbocycles. The minimum absolute atomic E-state index is 0.150. The van der Waals surface area contributed by atoms with Gasteiger partial charge < -0.3 is 14.5 Å². The normalized spacial score (nSPS) is 13.2. The van der Waals surface area contributed by atoms with E-state index in [4.69, 9.17) is 9.72 Å². The Morgan fingerprint density at radius 3 is 1.43 bits per heavy atom. The molecule has 0 unspecified atom stereocenters. The highest BCUT2D eigenvalue weighted by molar-refractivity contribution is 6.09. The van der Waals surface area contributed by atoms with Crippen LogP contribution in [0.3, 0.4) is 0 Å². The largest absolute Gasteiger partial charge is 0.457 e. The summed E-state index contributed by atoms with van der Waals surface area (Å²) >= 11 is 0. The summed E-state index contributed by atoms with van der Waals surface area (Å²) in [5, 5.41) is 2.32. The lowest BCUT2D eigenvalue weighted by atomic mass is 9.73. The molecule has 5 nitrogen and oxygen atoms in total. The molecule has 0 N–H and O–H groups in total. The number of rotatable bonds is 11. The van der Waals surface area contributed by atoms with Crippen LogP contribution in [-0.4, -0.2) is 16.2 Å². The number of nitrogens with zero attached hydrogens (tertiary/aromatic N) is 4. The molecule has 5 heteroatoms. The number of anilines is 4. The molecule has 0 aliphatic carbocycles. The maximum Gasteiger partial charge on any atom is 0.137 e. The number of fused-ring (bicyclic) bond motifs is 4. The highest BCUT2D eigenvalue weighted by atomic mass is 16.5. The number of aromatic nitrogens is 2. The second-order valence-corrected chi connectivity index (χ2v) is 22.2. The van der Waals surface area contributed by atoms with Gasteiger partial charge in [-0.2, -0.15) is 0 Å². The van der Waals surface area contributed by atoms with E-state index < -0.39 is 0 Å². The standard InChI is InChI=1S/C67H64N4O/c1-64(2,3)50-38-54(43-56(41-50)72-55-33-34-58-57-29-19-20-30-59(57)71(62(58)44-55)63-42-49(35-36-68-63)65(4,5)46-23-13-10-14-24-46)70-45-69(60-31-21-22-32-61(60)70)53-39-51(66(6,7)47-25-15-11-16-26-47)37-52(40-53)67(8,9)48-27-17-12-18-28-48/h10-44H,45H2,1-9H3. The molecule has 358 valence electrons. The molecule has 3 heterocycles. The fraction of sp³-hybridized carbons (Fsp3) is 0.209. The molecular weight excluding hydrogens is 877 g/mol. The van der Waals surface area contributed by atoms with Crippen molar-refractivity contribution >= 4 is 44.6 Å². The quantitative estimate of drug-likeness (QED) is 0.129. The zero-order valence-electron chi connectivity index (χ0n) is 43.1. The summed E-state index contributed by atoms with van der Waals surface area (Å²) in [7, 11) is 0. The Morgan fingerprint density at radius 2 is 0.861 bits per heavy atom. The van der Waals surface area contributed by atoms with Gasteiger partial charge in [0, 0.05) is 56.7 Å². The highest BCUT2D eigenvalue weighted by Crippen LogP contribution is 2.49. The van der Waals surface area contributed by atoms with Crippen LogP contribution in [0, 0.1) is 0 Å². The van der Waals surface area contributed by atoms with E-state index in [1.807, 2.05) is 6.20 Å². The number of para-hydroxylation sites is 3. The summed E-state index contributed by atoms with van der Waals surface area (Å²) in [6, 6.07) is 74.9. The Bertz CT molecular complexity index is 3530. The Labute approximate surface area is 426 Å². The first-order valence-corrected chi connectivity index (χ1v) is 25.4. The zero-order valence-corrected chi connectivity index (χ0v) is 43.1. The number of hydrogen-bond acceptors (Lipinski definition) is 4. The van der Waals surface area contributed by atoms with Gasteiger partial charge in [-0.25, -0.2) is 4.98 Å². The first-order chi connectivity index (χ1) is 34.6. The summed E-state index contributed by atoms with van der Waals surface area (Å²) in [6.45, 7) is 21.4. The predicted octanol–water partition coefficient (Wildman–Crippen LogP) is 17.5. The van der Waals surface area contributed by atoms with E-state index in [-0.39, 0.29) is 21.7 Å². The Kier molecular flexibility index (Phi) is 11.5. The van der Waals surface area contributed by atoms with Gasteiger partial charge in [0.2, 0.25) is 0 Å². The lowest BCUT2D eigenvalue weighted by Crippen LogP contribution is -2.27. The van der Waals surface area contributed by atoms with Crippen molar-refractivity contribution in [1.29, 1.82) is 0 Å². The second-order valence-electron chi connectivity index (χ2n) is 22.2. The zero-order chi connectivity index (χ0) is 50.0. The van der Waals surface area contributed by atoms with Crippen molar-refractivity contribution in [1.82, 2.24) is 9.55 Å². The smallest absolute Gasteiger partial charge is 0.137 e. The lowest BCUT2D eigenvalue weighted by molar-refractivity contribution is 0.479. The molecular formula is C67H64N4O. The van der Waals surface area contributed by atoms with Gasteiger partial charge in [0.1, 0.15) is 24.0 Å². The Morgan fingerprint density at radius 1 is 0.375 bits per heavy atom. The van der Waals surface area contributed by atoms with Crippen molar-refractivity contribution in [3.05, 3.63) is 251 Å². The van der Waals surface area contributed by atoms with Crippen LogP contribution in [0.25, 0.3) is 27.6 Å². The SMILES string of the molecule is CC(C)(C)c1cc(Oc2ccc3c4ccccc4n(-c4cc(C(C)(C)c5ccccc5)ccn4)c3c2)cc(N2CN(c3cc(C(C)(C)c4ccccc4)cc(C(C)(C)c4ccccc4)c3)c3ccccc32)c1. The van der Waals surface area contributed by atoms with E-state index in [1.165, 1.54) is 55.7 Å². The molecule has 0 fully saturated rings. The van der Waals surface area contributed by atoms with Gasteiger partial charge in [-0.05, 0) is 111 Å². The topological polar surface area (TPSA) is 33.5 Å². The third-order valence-electron chi connectivity index (χ3n) is 15.6. The summed E-state index contributed by atoms with van der Waals surface area (Å²) in [5.41, 5.74) is 14.6. The highest BCUT2D eigenvalue weighted by Gasteiger charge is 2.34. The van der Waals surface area contributed by atoms with Crippen LogP contribution in [0.2, 0.25) is 0 Å². The molecule has 0 amide bonds. The first-order valence-electron chi connectivity index (χ1n) is 25.4. The molecule has 0 saturated heterocycles. The van der Waals surface area contributed by atoms with Crippen molar-refractivity contribution in [3.63, 3.8) is 0 Å². The summed E-state index contributed by atoms with van der Waals surface area (Å²) < 4.78 is 9.35. The van der Waals surface area contributed by atoms with E-state index in [0.717, 1.165) is 45.1 Å². The van der Waals surface area contributed by atoms with Gasteiger partial charge >= 0.3 is 0 Å². The van der Waals surface area contributed by atoms with Gasteiger partial charge in [0.15, 0.2) is 0 Å². The molecule has 0 bridgehead atoms. The average Bonchev–Trinajstić information content (AvgIpc) is 3.95. The minimum Gasteiger partial charge on any atom is -0.457 e. The molecule has 0 radical (unpaired) electrons.